The zero-order valence-electron chi connectivity index (χ0n) is 18.0. The Labute approximate surface area is 202 Å². The highest BCUT2D eigenvalue weighted by Crippen LogP contribution is 2.53. The van der Waals surface area contributed by atoms with E-state index in [9.17, 15) is 24.3 Å². The van der Waals surface area contributed by atoms with Gasteiger partial charge in [-0.15, -0.1) is 0 Å². The van der Waals surface area contributed by atoms with Crippen molar-refractivity contribution in [2.24, 2.45) is 5.92 Å². The predicted octanol–water partition coefficient (Wildman–Crippen LogP) is 3.00. The molecule has 3 heterocycles. The number of thioether (sulfide) groups is 1. The van der Waals surface area contributed by atoms with Crippen LogP contribution in [0.5, 0.6) is 5.75 Å². The van der Waals surface area contributed by atoms with Crippen molar-refractivity contribution in [1.82, 2.24) is 9.88 Å². The molecule has 1 aromatic heterocycles. The summed E-state index contributed by atoms with van der Waals surface area (Å²) in [6.07, 6.45) is 0. The van der Waals surface area contributed by atoms with E-state index < -0.39 is 41.4 Å². The standard InChI is InChI=1S/C24H20N2O6S2/c1-12-5-4-6-13(9-12)11-32-15-8-3-2-7-14(15)17-18-20(33-21-19(17)34-24(31)25-21)23(30)26(22(18)29)10-16(27)28/h2-9,17-18,20H,10-11H2,1H3,(H,25,31)(H,27,28)/t17-,18?,20?/m1/s1. The van der Waals surface area contributed by atoms with Crippen molar-refractivity contribution < 1.29 is 24.2 Å². The van der Waals surface area contributed by atoms with Crippen LogP contribution in [0.3, 0.4) is 0 Å². The van der Waals surface area contributed by atoms with Gasteiger partial charge in [-0.3, -0.25) is 24.1 Å². The number of H-pyrrole nitrogens is 1. The number of aromatic amines is 1. The highest BCUT2D eigenvalue weighted by atomic mass is 32.2. The topological polar surface area (TPSA) is 117 Å². The molecule has 2 aliphatic rings. The van der Waals surface area contributed by atoms with Gasteiger partial charge in [0.25, 0.3) is 0 Å². The lowest BCUT2D eigenvalue weighted by Crippen LogP contribution is -2.36. The molecule has 2 N–H and O–H groups in total. The van der Waals surface area contributed by atoms with Crippen LogP contribution in [0.4, 0.5) is 0 Å². The molecule has 2 amide bonds. The highest BCUT2D eigenvalue weighted by molar-refractivity contribution is 8.00. The quantitative estimate of drug-likeness (QED) is 0.504. The number of carbonyl (C=O) groups excluding carboxylic acids is 2. The number of hydrogen-bond acceptors (Lipinski definition) is 7. The predicted molar refractivity (Wildman–Crippen MR) is 126 cm³/mol. The molecule has 2 aromatic carbocycles. The average Bonchev–Trinajstić information content (AvgIpc) is 3.28. The molecule has 3 atom stereocenters. The molecule has 1 fully saturated rings. The van der Waals surface area contributed by atoms with E-state index in [0.29, 0.717) is 27.8 Å². The minimum atomic E-state index is -1.26. The zero-order chi connectivity index (χ0) is 24.0. The number of carbonyl (C=O) groups is 3. The van der Waals surface area contributed by atoms with Crippen LogP contribution in [0, 0.1) is 12.8 Å². The minimum absolute atomic E-state index is 0.275. The first-order valence-electron chi connectivity index (χ1n) is 10.6. The van der Waals surface area contributed by atoms with Crippen molar-refractivity contribution in [2.45, 2.75) is 29.7 Å². The summed E-state index contributed by atoms with van der Waals surface area (Å²) >= 11 is 2.12. The minimum Gasteiger partial charge on any atom is -0.489 e. The number of nitrogens with zero attached hydrogens (tertiary/aromatic N) is 1. The molecular weight excluding hydrogens is 476 g/mol. The van der Waals surface area contributed by atoms with Gasteiger partial charge in [-0.1, -0.05) is 71.1 Å². The summed E-state index contributed by atoms with van der Waals surface area (Å²) in [5.41, 5.74) is 2.77. The number of aryl methyl sites for hydroxylation is 1. The first kappa shape index (κ1) is 22.4. The van der Waals surface area contributed by atoms with E-state index in [0.717, 1.165) is 39.1 Å². The van der Waals surface area contributed by atoms with Gasteiger partial charge < -0.3 is 14.8 Å². The zero-order valence-corrected chi connectivity index (χ0v) is 19.7. The lowest BCUT2D eigenvalue weighted by atomic mass is 9.82. The number of benzene rings is 2. The largest absolute Gasteiger partial charge is 0.489 e. The molecule has 0 aliphatic carbocycles. The Bertz CT molecular complexity index is 1360. The molecule has 34 heavy (non-hydrogen) atoms. The van der Waals surface area contributed by atoms with Gasteiger partial charge in [-0.2, -0.15) is 0 Å². The fourth-order valence-corrected chi connectivity index (χ4v) is 7.06. The van der Waals surface area contributed by atoms with Gasteiger partial charge in [0.1, 0.15) is 24.2 Å². The lowest BCUT2D eigenvalue weighted by Gasteiger charge is -2.30. The molecule has 0 saturated carbocycles. The van der Waals surface area contributed by atoms with Gasteiger partial charge >= 0.3 is 10.8 Å². The number of likely N-dealkylation sites (tertiary alicyclic amines) is 1. The summed E-state index contributed by atoms with van der Waals surface area (Å²) < 4.78 is 6.16. The molecule has 0 spiro atoms. The molecule has 8 nitrogen and oxygen atoms in total. The van der Waals surface area contributed by atoms with Gasteiger partial charge in [0.2, 0.25) is 11.8 Å². The molecule has 5 rings (SSSR count). The number of aromatic nitrogens is 1. The van der Waals surface area contributed by atoms with E-state index in [-0.39, 0.29) is 4.87 Å². The fourth-order valence-electron chi connectivity index (χ4n) is 4.53. The average molecular weight is 497 g/mol. The Morgan fingerprint density at radius 1 is 1.12 bits per heavy atom. The molecule has 10 heteroatoms. The van der Waals surface area contributed by atoms with E-state index >= 15 is 0 Å². The van der Waals surface area contributed by atoms with Gasteiger partial charge in [0, 0.05) is 16.4 Å². The highest BCUT2D eigenvalue weighted by Gasteiger charge is 2.56. The second-order valence-electron chi connectivity index (χ2n) is 8.22. The maximum Gasteiger partial charge on any atom is 0.323 e. The molecule has 2 unspecified atom stereocenters. The number of rotatable bonds is 6. The number of nitrogens with one attached hydrogen (secondary N) is 1. The molecule has 1 saturated heterocycles. The van der Waals surface area contributed by atoms with Gasteiger partial charge in [0.05, 0.1) is 10.9 Å². The number of aliphatic carboxylic acids is 1. The smallest absolute Gasteiger partial charge is 0.323 e. The number of carboxylic acids is 1. The van der Waals surface area contributed by atoms with Crippen LogP contribution in [-0.4, -0.2) is 44.6 Å². The number of amides is 2. The first-order valence-corrected chi connectivity index (χ1v) is 12.3. The molecule has 174 valence electrons. The van der Waals surface area contributed by atoms with Crippen LogP contribution in [0.1, 0.15) is 27.5 Å². The number of imide groups is 1. The number of thiazole rings is 1. The summed E-state index contributed by atoms with van der Waals surface area (Å²) in [4.78, 5) is 53.8. The third-order valence-electron chi connectivity index (χ3n) is 5.94. The van der Waals surface area contributed by atoms with Crippen LogP contribution in [-0.2, 0) is 21.0 Å². The first-order chi connectivity index (χ1) is 16.3. The fraction of sp³-hybridized carbons (Fsp3) is 0.250. The lowest BCUT2D eigenvalue weighted by molar-refractivity contribution is -0.149. The summed E-state index contributed by atoms with van der Waals surface area (Å²) in [6, 6.07) is 15.2. The Morgan fingerprint density at radius 3 is 2.68 bits per heavy atom. The second-order valence-corrected chi connectivity index (χ2v) is 10.4. The summed E-state index contributed by atoms with van der Waals surface area (Å²) in [7, 11) is 0. The normalized spacial score (nSPS) is 21.3. The van der Waals surface area contributed by atoms with Crippen molar-refractivity contribution in [3.8, 4) is 5.75 Å². The van der Waals surface area contributed by atoms with E-state index in [1.54, 1.807) is 6.07 Å². The van der Waals surface area contributed by atoms with Crippen molar-refractivity contribution in [3.63, 3.8) is 0 Å². The maximum atomic E-state index is 13.3. The number of fused-ring (bicyclic) bond motifs is 2. The van der Waals surface area contributed by atoms with Crippen LogP contribution in [0.25, 0.3) is 0 Å². The molecule has 3 aromatic rings. The Hall–Kier alpha value is -3.37. The third-order valence-corrected chi connectivity index (χ3v) is 8.34. The summed E-state index contributed by atoms with van der Waals surface area (Å²) in [5.74, 6) is -3.26. The number of hydrogen-bond donors (Lipinski definition) is 2. The van der Waals surface area contributed by atoms with Crippen molar-refractivity contribution in [3.05, 3.63) is 79.8 Å². The van der Waals surface area contributed by atoms with Gasteiger partial charge in [-0.25, -0.2) is 0 Å². The molecular formula is C24H20N2O6S2. The van der Waals surface area contributed by atoms with E-state index in [4.69, 9.17) is 4.74 Å². The Balaban J connectivity index is 1.56. The molecule has 2 aliphatic heterocycles. The number of para-hydroxylation sites is 1. The molecule has 0 bridgehead atoms. The SMILES string of the molecule is Cc1cccc(COc2ccccc2[C@H]2c3sc(=O)[nH]c3SC3C(=O)N(CC(=O)O)C(=O)C32)c1. The monoisotopic (exact) mass is 496 g/mol. The van der Waals surface area contributed by atoms with Crippen molar-refractivity contribution in [1.29, 1.82) is 0 Å². The third kappa shape index (κ3) is 3.92. The van der Waals surface area contributed by atoms with Gasteiger partial charge in [-0.05, 0) is 18.6 Å². The van der Waals surface area contributed by atoms with Crippen LogP contribution in [0.15, 0.2) is 58.4 Å². The molecule has 0 radical (unpaired) electrons. The van der Waals surface area contributed by atoms with Crippen molar-refractivity contribution >= 4 is 40.9 Å². The van der Waals surface area contributed by atoms with E-state index in [1.165, 1.54) is 0 Å². The van der Waals surface area contributed by atoms with Crippen LogP contribution in [0.2, 0.25) is 0 Å². The van der Waals surface area contributed by atoms with E-state index in [1.807, 2.05) is 49.4 Å². The van der Waals surface area contributed by atoms with E-state index in [2.05, 4.69) is 4.98 Å². The number of carboxylic acid groups (broad SMARTS) is 1. The van der Waals surface area contributed by atoms with Crippen molar-refractivity contribution in [2.75, 3.05) is 6.54 Å². The van der Waals surface area contributed by atoms with Crippen LogP contribution < -0.4 is 9.61 Å². The second kappa shape index (κ2) is 8.77. The maximum absolute atomic E-state index is 13.3. The Morgan fingerprint density at radius 2 is 1.91 bits per heavy atom. The number of ether oxygens (including phenoxy) is 1. The summed E-state index contributed by atoms with van der Waals surface area (Å²) in [5, 5.41) is 8.93. The van der Waals surface area contributed by atoms with Gasteiger partial charge in [0.15, 0.2) is 0 Å². The Kier molecular flexibility index (Phi) is 5.78. The van der Waals surface area contributed by atoms with Crippen LogP contribution >= 0.6 is 23.1 Å². The summed E-state index contributed by atoms with van der Waals surface area (Å²) in [6.45, 7) is 1.62.